The molecule has 1 atom stereocenters. The van der Waals surface area contributed by atoms with Crippen molar-refractivity contribution in [2.45, 2.75) is 51.9 Å². The molecular weight excluding hydrogens is 262 g/mol. The Kier molecular flexibility index (Phi) is 3.73. The van der Waals surface area contributed by atoms with Gasteiger partial charge in [-0.05, 0) is 51.7 Å². The summed E-state index contributed by atoms with van der Waals surface area (Å²) in [5.41, 5.74) is 0.843. The van der Waals surface area contributed by atoms with Gasteiger partial charge in [-0.25, -0.2) is 0 Å². The molecule has 5 heteroatoms. The normalized spacial score (nSPS) is 22.6. The number of rotatable bonds is 2. The monoisotopic (exact) mass is 282 g/mol. The molecule has 1 aromatic rings. The van der Waals surface area contributed by atoms with Crippen molar-refractivity contribution in [1.82, 2.24) is 0 Å². The molecule has 104 valence electrons. The first-order valence-electron chi connectivity index (χ1n) is 6.47. The third-order valence-electron chi connectivity index (χ3n) is 4.00. The predicted molar refractivity (Wildman–Crippen MR) is 77.8 cm³/mol. The predicted octanol–water partition coefficient (Wildman–Crippen LogP) is 2.69. The highest BCUT2D eigenvalue weighted by molar-refractivity contribution is 6.62. The second kappa shape index (κ2) is 4.78. The van der Waals surface area contributed by atoms with E-state index >= 15 is 0 Å². The van der Waals surface area contributed by atoms with E-state index in [1.54, 1.807) is 13.0 Å². The van der Waals surface area contributed by atoms with Crippen LogP contribution in [0.25, 0.3) is 0 Å². The molecule has 0 aliphatic carbocycles. The summed E-state index contributed by atoms with van der Waals surface area (Å²) in [5, 5.41) is 10.1. The molecule has 0 spiro atoms. The van der Waals surface area contributed by atoms with E-state index in [1.165, 1.54) is 0 Å². The third-order valence-corrected chi connectivity index (χ3v) is 4.33. The second-order valence-corrected chi connectivity index (χ2v) is 6.45. The summed E-state index contributed by atoms with van der Waals surface area (Å²) in [4.78, 5) is 0. The maximum absolute atomic E-state index is 9.58. The molecule has 0 saturated carbocycles. The number of aliphatic hydroxyl groups excluding tert-OH is 1. The fourth-order valence-electron chi connectivity index (χ4n) is 2.01. The number of aliphatic hydroxyl groups is 1. The molecule has 2 rings (SSSR count). The van der Waals surface area contributed by atoms with Crippen LogP contribution in [0.15, 0.2) is 18.2 Å². The SMILES string of the molecule is CC(O)c1ccc(B2OC(C)(C)C(C)(C)O2)cc1Cl. The summed E-state index contributed by atoms with van der Waals surface area (Å²) in [6.45, 7) is 9.74. The van der Waals surface area contributed by atoms with Crippen LogP contribution in [0.4, 0.5) is 0 Å². The van der Waals surface area contributed by atoms with Crippen molar-refractivity contribution in [1.29, 1.82) is 0 Å². The van der Waals surface area contributed by atoms with Crippen molar-refractivity contribution in [2.24, 2.45) is 0 Å². The summed E-state index contributed by atoms with van der Waals surface area (Å²) in [7, 11) is -0.425. The van der Waals surface area contributed by atoms with Gasteiger partial charge in [-0.15, -0.1) is 0 Å². The molecule has 0 radical (unpaired) electrons. The van der Waals surface area contributed by atoms with Gasteiger partial charge in [0, 0.05) is 5.02 Å². The molecule has 1 aromatic carbocycles. The first-order chi connectivity index (χ1) is 8.64. The minimum atomic E-state index is -0.583. The maximum atomic E-state index is 9.58. The van der Waals surface area contributed by atoms with Gasteiger partial charge < -0.3 is 14.4 Å². The molecule has 0 aromatic heterocycles. The van der Waals surface area contributed by atoms with E-state index in [0.717, 1.165) is 5.46 Å². The fraction of sp³-hybridized carbons (Fsp3) is 0.571. The Balaban J connectivity index is 2.28. The Hall–Kier alpha value is -0.545. The Labute approximate surface area is 120 Å². The number of halogens is 1. The van der Waals surface area contributed by atoms with Gasteiger partial charge in [-0.1, -0.05) is 23.7 Å². The molecule has 1 heterocycles. The molecular formula is C14H20BClO3. The van der Waals surface area contributed by atoms with E-state index in [0.29, 0.717) is 10.6 Å². The molecule has 1 aliphatic heterocycles. The topological polar surface area (TPSA) is 38.7 Å². The van der Waals surface area contributed by atoms with Gasteiger partial charge in [0.15, 0.2) is 0 Å². The van der Waals surface area contributed by atoms with Crippen LogP contribution in [-0.4, -0.2) is 23.4 Å². The lowest BCUT2D eigenvalue weighted by atomic mass is 9.78. The van der Waals surface area contributed by atoms with Crippen molar-refractivity contribution >= 4 is 24.2 Å². The van der Waals surface area contributed by atoms with Crippen LogP contribution in [0.3, 0.4) is 0 Å². The highest BCUT2D eigenvalue weighted by Gasteiger charge is 2.51. The van der Waals surface area contributed by atoms with Crippen LogP contribution < -0.4 is 5.46 Å². The van der Waals surface area contributed by atoms with Crippen molar-refractivity contribution in [2.75, 3.05) is 0 Å². The van der Waals surface area contributed by atoms with Gasteiger partial charge in [0.05, 0.1) is 17.3 Å². The fourth-order valence-corrected chi connectivity index (χ4v) is 2.35. The molecule has 0 amide bonds. The second-order valence-electron chi connectivity index (χ2n) is 6.05. The largest absolute Gasteiger partial charge is 0.494 e. The van der Waals surface area contributed by atoms with Gasteiger partial charge in [0.2, 0.25) is 0 Å². The minimum Gasteiger partial charge on any atom is -0.399 e. The summed E-state index contributed by atoms with van der Waals surface area (Å²) in [5.74, 6) is 0. The van der Waals surface area contributed by atoms with Crippen LogP contribution in [-0.2, 0) is 9.31 Å². The average molecular weight is 283 g/mol. The van der Waals surface area contributed by atoms with Gasteiger partial charge in [-0.3, -0.25) is 0 Å². The molecule has 19 heavy (non-hydrogen) atoms. The van der Waals surface area contributed by atoms with Crippen LogP contribution >= 0.6 is 11.6 Å². The first kappa shape index (κ1) is 14.9. The summed E-state index contributed by atoms with van der Waals surface area (Å²) in [6.07, 6.45) is -0.583. The lowest BCUT2D eigenvalue weighted by Gasteiger charge is -2.32. The number of benzene rings is 1. The Morgan fingerprint density at radius 2 is 1.68 bits per heavy atom. The standard InChI is InChI=1S/C14H20BClO3/c1-9(17)11-7-6-10(8-12(11)16)15-18-13(2,3)14(4,5)19-15/h6-9,17H,1-5H3. The Morgan fingerprint density at radius 1 is 1.16 bits per heavy atom. The Morgan fingerprint density at radius 3 is 2.11 bits per heavy atom. The summed E-state index contributed by atoms with van der Waals surface area (Å²) in [6, 6.07) is 5.50. The summed E-state index contributed by atoms with van der Waals surface area (Å²) >= 11 is 6.17. The van der Waals surface area contributed by atoms with Crippen LogP contribution in [0.2, 0.25) is 5.02 Å². The van der Waals surface area contributed by atoms with Gasteiger partial charge in [0.25, 0.3) is 0 Å². The highest BCUT2D eigenvalue weighted by atomic mass is 35.5. The zero-order chi connectivity index (χ0) is 14.4. The van der Waals surface area contributed by atoms with E-state index in [1.807, 2.05) is 39.8 Å². The quantitative estimate of drug-likeness (QED) is 0.848. The smallest absolute Gasteiger partial charge is 0.399 e. The molecule has 0 bridgehead atoms. The molecule has 1 aliphatic rings. The number of hydrogen-bond donors (Lipinski definition) is 1. The lowest BCUT2D eigenvalue weighted by molar-refractivity contribution is 0.00578. The Bertz CT molecular complexity index is 470. The van der Waals surface area contributed by atoms with Crippen molar-refractivity contribution < 1.29 is 14.4 Å². The van der Waals surface area contributed by atoms with Crippen molar-refractivity contribution in [3.8, 4) is 0 Å². The molecule has 1 fully saturated rings. The van der Waals surface area contributed by atoms with Crippen molar-refractivity contribution in [3.05, 3.63) is 28.8 Å². The lowest BCUT2D eigenvalue weighted by Crippen LogP contribution is -2.41. The molecule has 3 nitrogen and oxygen atoms in total. The number of hydrogen-bond acceptors (Lipinski definition) is 3. The molecule has 1 unspecified atom stereocenters. The van der Waals surface area contributed by atoms with E-state index < -0.39 is 13.2 Å². The van der Waals surface area contributed by atoms with Crippen LogP contribution in [0.5, 0.6) is 0 Å². The summed E-state index contributed by atoms with van der Waals surface area (Å²) < 4.78 is 11.9. The van der Waals surface area contributed by atoms with Gasteiger partial charge >= 0.3 is 7.12 Å². The van der Waals surface area contributed by atoms with Crippen LogP contribution in [0.1, 0.15) is 46.3 Å². The van der Waals surface area contributed by atoms with E-state index in [4.69, 9.17) is 20.9 Å². The average Bonchev–Trinajstić information content (AvgIpc) is 2.47. The highest BCUT2D eigenvalue weighted by Crippen LogP contribution is 2.36. The first-order valence-corrected chi connectivity index (χ1v) is 6.85. The molecule has 1 saturated heterocycles. The molecule has 1 N–H and O–H groups in total. The van der Waals surface area contributed by atoms with Gasteiger partial charge in [0.1, 0.15) is 0 Å². The van der Waals surface area contributed by atoms with Crippen molar-refractivity contribution in [3.63, 3.8) is 0 Å². The van der Waals surface area contributed by atoms with Crippen LogP contribution in [0, 0.1) is 0 Å². The maximum Gasteiger partial charge on any atom is 0.494 e. The zero-order valence-electron chi connectivity index (χ0n) is 12.0. The zero-order valence-corrected chi connectivity index (χ0v) is 12.8. The van der Waals surface area contributed by atoms with E-state index in [9.17, 15) is 5.11 Å². The minimum absolute atomic E-state index is 0.368. The third kappa shape index (κ3) is 2.68. The van der Waals surface area contributed by atoms with Gasteiger partial charge in [-0.2, -0.15) is 0 Å². The van der Waals surface area contributed by atoms with E-state index in [-0.39, 0.29) is 11.2 Å². The van der Waals surface area contributed by atoms with E-state index in [2.05, 4.69) is 0 Å².